The van der Waals surface area contributed by atoms with Crippen LogP contribution in [0.2, 0.25) is 5.02 Å². The van der Waals surface area contributed by atoms with Gasteiger partial charge in [-0.2, -0.15) is 0 Å². The minimum atomic E-state index is -0.942. The molecule has 0 saturated carbocycles. The Kier molecular flexibility index (Phi) is 9.21. The number of carbonyl (C=O) groups is 1. The van der Waals surface area contributed by atoms with E-state index in [1.54, 1.807) is 37.4 Å². The molecule has 0 amide bonds. The van der Waals surface area contributed by atoms with Gasteiger partial charge in [0.15, 0.2) is 5.75 Å². The van der Waals surface area contributed by atoms with E-state index < -0.39 is 17.9 Å². The van der Waals surface area contributed by atoms with E-state index in [1.807, 2.05) is 19.9 Å². The van der Waals surface area contributed by atoms with E-state index in [0.717, 1.165) is 5.56 Å². The van der Waals surface area contributed by atoms with Crippen molar-refractivity contribution in [3.63, 3.8) is 0 Å². The van der Waals surface area contributed by atoms with E-state index in [2.05, 4.69) is 31.9 Å². The predicted molar refractivity (Wildman–Crippen MR) is 141 cm³/mol. The van der Waals surface area contributed by atoms with Gasteiger partial charge >= 0.3 is 5.97 Å². The fraction of sp³-hybridized carbons (Fsp3) is 0.269. The summed E-state index contributed by atoms with van der Waals surface area (Å²) in [5, 5.41) is 9.12. The maximum atomic E-state index is 15.0. The van der Waals surface area contributed by atoms with Crippen LogP contribution in [-0.4, -0.2) is 25.3 Å². The average Bonchev–Trinajstić information content (AvgIpc) is 2.79. The van der Waals surface area contributed by atoms with Crippen molar-refractivity contribution in [2.45, 2.75) is 32.3 Å². The SMILES string of the molecule is COc1cc(C(OC)c2cccc(Cl)c2F)c(Oc2c(Br)cc(CC(=O)O)cc2Br)cc1C(C)C. The third-order valence-corrected chi connectivity index (χ3v) is 6.86. The number of aliphatic carboxylic acids is 1. The van der Waals surface area contributed by atoms with Gasteiger partial charge in [-0.1, -0.05) is 37.6 Å². The molecule has 0 aromatic heterocycles. The molecule has 1 unspecified atom stereocenters. The molecule has 9 heteroatoms. The average molecular weight is 631 g/mol. The largest absolute Gasteiger partial charge is 0.496 e. The molecule has 1 N–H and O–H groups in total. The Balaban J connectivity index is 2.21. The van der Waals surface area contributed by atoms with Gasteiger partial charge in [0.2, 0.25) is 0 Å². The van der Waals surface area contributed by atoms with Gasteiger partial charge in [-0.05, 0) is 73.7 Å². The van der Waals surface area contributed by atoms with Gasteiger partial charge < -0.3 is 19.3 Å². The van der Waals surface area contributed by atoms with Crippen LogP contribution in [-0.2, 0) is 16.0 Å². The van der Waals surface area contributed by atoms with Crippen molar-refractivity contribution in [2.24, 2.45) is 0 Å². The first kappa shape index (κ1) is 27.5. The number of methoxy groups -OCH3 is 2. The van der Waals surface area contributed by atoms with Crippen molar-refractivity contribution < 1.29 is 28.5 Å². The molecule has 0 aliphatic heterocycles. The molecule has 0 aliphatic rings. The number of ether oxygens (including phenoxy) is 3. The number of benzene rings is 3. The molecular formula is C26H24Br2ClFO5. The van der Waals surface area contributed by atoms with Crippen LogP contribution in [0.3, 0.4) is 0 Å². The quantitative estimate of drug-likeness (QED) is 0.258. The Morgan fingerprint density at radius 3 is 2.20 bits per heavy atom. The van der Waals surface area contributed by atoms with Crippen molar-refractivity contribution in [1.29, 1.82) is 0 Å². The molecule has 1 atom stereocenters. The molecule has 3 aromatic carbocycles. The lowest BCUT2D eigenvalue weighted by molar-refractivity contribution is -0.136. The summed E-state index contributed by atoms with van der Waals surface area (Å²) in [5.41, 5.74) is 2.27. The number of rotatable bonds is 9. The van der Waals surface area contributed by atoms with Crippen LogP contribution in [0.5, 0.6) is 17.2 Å². The summed E-state index contributed by atoms with van der Waals surface area (Å²) in [7, 11) is 3.05. The molecule has 5 nitrogen and oxygen atoms in total. The Bertz CT molecular complexity index is 1230. The molecule has 0 heterocycles. The van der Waals surface area contributed by atoms with E-state index in [-0.39, 0.29) is 22.9 Å². The molecule has 0 fully saturated rings. The fourth-order valence-corrected chi connectivity index (χ4v) is 5.38. The van der Waals surface area contributed by atoms with Crippen molar-refractivity contribution in [3.8, 4) is 17.2 Å². The maximum absolute atomic E-state index is 15.0. The summed E-state index contributed by atoms with van der Waals surface area (Å²) < 4.78 is 33.8. The monoisotopic (exact) mass is 628 g/mol. The van der Waals surface area contributed by atoms with E-state index in [1.165, 1.54) is 13.2 Å². The summed E-state index contributed by atoms with van der Waals surface area (Å²) in [6.45, 7) is 4.05. The molecule has 3 rings (SSSR count). The zero-order valence-corrected chi connectivity index (χ0v) is 23.4. The lowest BCUT2D eigenvalue weighted by atomic mass is 9.94. The first-order chi connectivity index (χ1) is 16.6. The van der Waals surface area contributed by atoms with Crippen LogP contribution in [0.4, 0.5) is 4.39 Å². The zero-order valence-electron chi connectivity index (χ0n) is 19.5. The second kappa shape index (κ2) is 11.7. The number of carboxylic acid groups (broad SMARTS) is 1. The third kappa shape index (κ3) is 6.17. The number of hydrogen-bond donors (Lipinski definition) is 1. The molecule has 186 valence electrons. The Hall–Kier alpha value is -2.13. The second-order valence-electron chi connectivity index (χ2n) is 8.11. The van der Waals surface area contributed by atoms with Gasteiger partial charge in [0, 0.05) is 23.8 Å². The third-order valence-electron chi connectivity index (χ3n) is 5.39. The summed E-state index contributed by atoms with van der Waals surface area (Å²) in [5.74, 6) is 0.0499. The van der Waals surface area contributed by atoms with E-state index >= 15 is 4.39 Å². The molecular weight excluding hydrogens is 607 g/mol. The summed E-state index contributed by atoms with van der Waals surface area (Å²) in [6, 6.07) is 11.7. The fourth-order valence-electron chi connectivity index (χ4n) is 3.75. The minimum absolute atomic E-state index is 0.0164. The van der Waals surface area contributed by atoms with Gasteiger partial charge in [0.05, 0.1) is 27.5 Å². The zero-order chi connectivity index (χ0) is 25.9. The summed E-state index contributed by atoms with van der Waals surface area (Å²) in [6.07, 6.45) is -0.981. The lowest BCUT2D eigenvalue weighted by Crippen LogP contribution is -2.10. The van der Waals surface area contributed by atoms with Gasteiger partial charge in [0.25, 0.3) is 0 Å². The first-order valence-electron chi connectivity index (χ1n) is 10.6. The standard InChI is InChI=1S/C26H24Br2ClFO5/c1-13(2)16-11-22(35-26-18(27)8-14(9-19(26)28)10-23(31)32)17(12-21(16)33-3)25(34-4)15-6-5-7-20(29)24(15)30/h5-9,11-13,25H,10H2,1-4H3,(H,31,32). The van der Waals surface area contributed by atoms with E-state index in [9.17, 15) is 4.79 Å². The van der Waals surface area contributed by atoms with Crippen molar-refractivity contribution in [1.82, 2.24) is 0 Å². The van der Waals surface area contributed by atoms with Crippen molar-refractivity contribution in [2.75, 3.05) is 14.2 Å². The van der Waals surface area contributed by atoms with Crippen LogP contribution >= 0.6 is 43.5 Å². The van der Waals surface area contributed by atoms with Crippen molar-refractivity contribution >= 4 is 49.4 Å². The number of hydrogen-bond acceptors (Lipinski definition) is 4. The van der Waals surface area contributed by atoms with Gasteiger partial charge in [-0.15, -0.1) is 0 Å². The number of halogens is 4. The Morgan fingerprint density at radius 2 is 1.66 bits per heavy atom. The molecule has 35 heavy (non-hydrogen) atoms. The van der Waals surface area contributed by atoms with Crippen LogP contribution in [0.25, 0.3) is 0 Å². The van der Waals surface area contributed by atoms with Gasteiger partial charge in [-0.3, -0.25) is 4.79 Å². The topological polar surface area (TPSA) is 65.0 Å². The Morgan fingerprint density at radius 1 is 1.03 bits per heavy atom. The second-order valence-corrected chi connectivity index (χ2v) is 10.2. The Labute approximate surface area is 225 Å². The lowest BCUT2D eigenvalue weighted by Gasteiger charge is -2.24. The highest BCUT2D eigenvalue weighted by Crippen LogP contribution is 2.45. The van der Waals surface area contributed by atoms with Crippen LogP contribution in [0.15, 0.2) is 51.4 Å². The maximum Gasteiger partial charge on any atom is 0.307 e. The summed E-state index contributed by atoms with van der Waals surface area (Å²) in [4.78, 5) is 11.1. The highest BCUT2D eigenvalue weighted by molar-refractivity contribution is 9.11. The van der Waals surface area contributed by atoms with Gasteiger partial charge in [-0.25, -0.2) is 4.39 Å². The van der Waals surface area contributed by atoms with E-state index in [0.29, 0.717) is 37.3 Å². The van der Waals surface area contributed by atoms with Crippen LogP contribution in [0, 0.1) is 5.82 Å². The van der Waals surface area contributed by atoms with E-state index in [4.69, 9.17) is 30.9 Å². The number of carboxylic acids is 1. The van der Waals surface area contributed by atoms with Crippen LogP contribution < -0.4 is 9.47 Å². The normalized spacial score (nSPS) is 12.0. The molecule has 0 aliphatic carbocycles. The first-order valence-corrected chi connectivity index (χ1v) is 12.6. The molecule has 0 radical (unpaired) electrons. The smallest absolute Gasteiger partial charge is 0.307 e. The summed E-state index contributed by atoms with van der Waals surface area (Å²) >= 11 is 13.0. The van der Waals surface area contributed by atoms with Crippen LogP contribution in [0.1, 0.15) is 48.1 Å². The highest BCUT2D eigenvalue weighted by Gasteiger charge is 2.26. The molecule has 3 aromatic rings. The molecule has 0 saturated heterocycles. The predicted octanol–water partition coefficient (Wildman–Crippen LogP) is 8.29. The molecule has 0 bridgehead atoms. The van der Waals surface area contributed by atoms with Crippen molar-refractivity contribution in [3.05, 3.63) is 84.5 Å². The van der Waals surface area contributed by atoms with Gasteiger partial charge in [0.1, 0.15) is 23.4 Å². The minimum Gasteiger partial charge on any atom is -0.496 e. The highest BCUT2D eigenvalue weighted by atomic mass is 79.9. The molecule has 0 spiro atoms.